The van der Waals surface area contributed by atoms with Crippen LogP contribution in [0.15, 0.2) is 18.3 Å². The molecule has 0 aliphatic carbocycles. The molecule has 1 aliphatic heterocycles. The number of hydrogen-bond acceptors (Lipinski definition) is 4. The Balaban J connectivity index is 2.09. The summed E-state index contributed by atoms with van der Waals surface area (Å²) in [4.78, 5) is 8.37. The van der Waals surface area contributed by atoms with Gasteiger partial charge in [0.05, 0.1) is 17.0 Å². The summed E-state index contributed by atoms with van der Waals surface area (Å²) in [6.07, 6.45) is 1.43. The lowest BCUT2D eigenvalue weighted by Crippen LogP contribution is -2.28. The molecule has 7 heteroatoms. The summed E-state index contributed by atoms with van der Waals surface area (Å²) >= 11 is 0. The van der Waals surface area contributed by atoms with Crippen LogP contribution < -0.4 is 10.1 Å². The highest BCUT2D eigenvalue weighted by Crippen LogP contribution is 2.32. The number of imidazole rings is 1. The molecule has 0 bridgehead atoms. The monoisotopic (exact) mass is 280 g/mol. The molecule has 1 aliphatic rings. The van der Waals surface area contributed by atoms with Crippen LogP contribution in [0.25, 0.3) is 11.3 Å². The van der Waals surface area contributed by atoms with Crippen LogP contribution in [0.5, 0.6) is 5.88 Å². The summed E-state index contributed by atoms with van der Waals surface area (Å²) in [5.41, 5.74) is 2.12. The molecule has 1 N–H and O–H groups in total. The fraction of sp³-hybridized carbons (Fsp3) is 0.385. The van der Waals surface area contributed by atoms with Gasteiger partial charge in [0.15, 0.2) is 0 Å². The van der Waals surface area contributed by atoms with Gasteiger partial charge in [-0.2, -0.15) is 8.78 Å². The maximum Gasteiger partial charge on any atom is 0.388 e. The normalized spacial score (nSPS) is 14.4. The summed E-state index contributed by atoms with van der Waals surface area (Å²) in [7, 11) is 0. The van der Waals surface area contributed by atoms with Crippen molar-refractivity contribution in [2.75, 3.05) is 6.54 Å². The molecule has 0 saturated heterocycles. The highest BCUT2D eigenvalue weighted by atomic mass is 19.3. The minimum Gasteiger partial charge on any atom is -0.416 e. The van der Waals surface area contributed by atoms with Gasteiger partial charge in [0, 0.05) is 25.8 Å². The molecular formula is C13H14F2N4O. The van der Waals surface area contributed by atoms with Crippen molar-refractivity contribution >= 4 is 0 Å². The van der Waals surface area contributed by atoms with Crippen LogP contribution in [0, 0.1) is 6.92 Å². The standard InChI is InChI=1S/C13H14F2N4O/c1-8-18-11(10-7-16-5-6-19(8)10)9-3-2-4-17-12(9)20-13(14)15/h2-4,13,16H,5-7H2,1H3. The maximum atomic E-state index is 12.5. The maximum absolute atomic E-state index is 12.5. The van der Waals surface area contributed by atoms with Crippen molar-refractivity contribution in [2.24, 2.45) is 0 Å². The van der Waals surface area contributed by atoms with E-state index in [2.05, 4.69) is 24.6 Å². The van der Waals surface area contributed by atoms with Gasteiger partial charge in [0.2, 0.25) is 5.88 Å². The smallest absolute Gasteiger partial charge is 0.388 e. The third-order valence-electron chi connectivity index (χ3n) is 3.30. The molecule has 0 aromatic carbocycles. The van der Waals surface area contributed by atoms with E-state index < -0.39 is 6.61 Å². The quantitative estimate of drug-likeness (QED) is 0.933. The summed E-state index contributed by atoms with van der Waals surface area (Å²) in [5, 5.41) is 3.25. The minimum absolute atomic E-state index is 0.0889. The Kier molecular flexibility index (Phi) is 3.35. The van der Waals surface area contributed by atoms with Gasteiger partial charge in [-0.1, -0.05) is 0 Å². The molecule has 0 unspecified atom stereocenters. The number of halogens is 2. The first-order chi connectivity index (χ1) is 9.66. The first-order valence-electron chi connectivity index (χ1n) is 6.33. The van der Waals surface area contributed by atoms with Crippen LogP contribution in [0.3, 0.4) is 0 Å². The third-order valence-corrected chi connectivity index (χ3v) is 3.30. The van der Waals surface area contributed by atoms with Crippen LogP contribution in [0.4, 0.5) is 8.78 Å². The highest BCUT2D eigenvalue weighted by Gasteiger charge is 2.22. The second-order valence-electron chi connectivity index (χ2n) is 4.52. The Morgan fingerprint density at radius 3 is 3.10 bits per heavy atom. The van der Waals surface area contributed by atoms with Crippen LogP contribution in [-0.2, 0) is 13.1 Å². The van der Waals surface area contributed by atoms with Crippen molar-refractivity contribution < 1.29 is 13.5 Å². The number of alkyl halides is 2. The zero-order valence-corrected chi connectivity index (χ0v) is 10.9. The zero-order valence-electron chi connectivity index (χ0n) is 10.9. The second kappa shape index (κ2) is 5.16. The van der Waals surface area contributed by atoms with Gasteiger partial charge >= 0.3 is 6.61 Å². The Hall–Kier alpha value is -2.02. The van der Waals surface area contributed by atoms with E-state index in [1.165, 1.54) is 6.20 Å². The first-order valence-corrected chi connectivity index (χ1v) is 6.33. The van der Waals surface area contributed by atoms with E-state index >= 15 is 0 Å². The number of aromatic nitrogens is 3. The Labute approximate surface area is 114 Å². The molecule has 0 atom stereocenters. The summed E-state index contributed by atoms with van der Waals surface area (Å²) in [6.45, 7) is 1.35. The summed E-state index contributed by atoms with van der Waals surface area (Å²) in [5.74, 6) is 0.775. The predicted molar refractivity (Wildman–Crippen MR) is 68.5 cm³/mol. The van der Waals surface area contributed by atoms with Gasteiger partial charge in [-0.15, -0.1) is 0 Å². The largest absolute Gasteiger partial charge is 0.416 e. The van der Waals surface area contributed by atoms with Crippen molar-refractivity contribution in [3.8, 4) is 17.1 Å². The van der Waals surface area contributed by atoms with Gasteiger partial charge < -0.3 is 14.6 Å². The minimum atomic E-state index is -2.90. The predicted octanol–water partition coefficient (Wildman–Crippen LogP) is 1.96. The molecule has 106 valence electrons. The Morgan fingerprint density at radius 2 is 2.30 bits per heavy atom. The lowest BCUT2D eigenvalue weighted by Gasteiger charge is -2.18. The number of nitrogens with one attached hydrogen (secondary N) is 1. The first kappa shape index (κ1) is 13.0. The average molecular weight is 280 g/mol. The van der Waals surface area contributed by atoms with Crippen molar-refractivity contribution in [3.05, 3.63) is 29.8 Å². The molecule has 2 aromatic heterocycles. The number of pyridine rings is 1. The molecule has 2 aromatic rings. The number of nitrogens with zero attached hydrogens (tertiary/aromatic N) is 3. The lowest BCUT2D eigenvalue weighted by molar-refractivity contribution is -0.0524. The van der Waals surface area contributed by atoms with Crippen molar-refractivity contribution in [1.82, 2.24) is 19.9 Å². The molecule has 20 heavy (non-hydrogen) atoms. The van der Waals surface area contributed by atoms with E-state index in [4.69, 9.17) is 0 Å². The van der Waals surface area contributed by atoms with E-state index in [9.17, 15) is 8.78 Å². The van der Waals surface area contributed by atoms with E-state index in [1.807, 2.05) is 6.92 Å². The molecule has 5 nitrogen and oxygen atoms in total. The molecule has 0 fully saturated rings. The van der Waals surface area contributed by atoms with E-state index in [-0.39, 0.29) is 5.88 Å². The van der Waals surface area contributed by atoms with Gasteiger partial charge in [0.1, 0.15) is 5.82 Å². The zero-order chi connectivity index (χ0) is 14.1. The van der Waals surface area contributed by atoms with Crippen LogP contribution in [-0.4, -0.2) is 27.7 Å². The molecule has 0 radical (unpaired) electrons. The number of ether oxygens (including phenoxy) is 1. The van der Waals surface area contributed by atoms with E-state index in [0.717, 1.165) is 24.6 Å². The van der Waals surface area contributed by atoms with Crippen LogP contribution in [0.2, 0.25) is 0 Å². The molecule has 3 heterocycles. The van der Waals surface area contributed by atoms with Crippen LogP contribution in [0.1, 0.15) is 11.5 Å². The topological polar surface area (TPSA) is 52.0 Å². The number of fused-ring (bicyclic) bond motifs is 1. The highest BCUT2D eigenvalue weighted by molar-refractivity contribution is 5.67. The third kappa shape index (κ3) is 2.24. The van der Waals surface area contributed by atoms with Crippen molar-refractivity contribution in [2.45, 2.75) is 26.6 Å². The molecule has 0 spiro atoms. The van der Waals surface area contributed by atoms with Gasteiger partial charge in [-0.25, -0.2) is 9.97 Å². The number of rotatable bonds is 3. The van der Waals surface area contributed by atoms with Gasteiger partial charge in [-0.05, 0) is 19.1 Å². The average Bonchev–Trinajstić information content (AvgIpc) is 2.77. The fourth-order valence-corrected chi connectivity index (χ4v) is 2.45. The molecule has 0 amide bonds. The SMILES string of the molecule is Cc1nc(-c2cccnc2OC(F)F)c2n1CCNC2. The molecule has 3 rings (SSSR count). The van der Waals surface area contributed by atoms with E-state index in [0.29, 0.717) is 17.8 Å². The van der Waals surface area contributed by atoms with Crippen LogP contribution >= 0.6 is 0 Å². The fourth-order valence-electron chi connectivity index (χ4n) is 2.45. The number of aryl methyl sites for hydroxylation is 1. The summed E-state index contributed by atoms with van der Waals surface area (Å²) < 4.78 is 31.5. The second-order valence-corrected chi connectivity index (χ2v) is 4.52. The lowest BCUT2D eigenvalue weighted by atomic mass is 10.1. The van der Waals surface area contributed by atoms with Gasteiger partial charge in [-0.3, -0.25) is 0 Å². The van der Waals surface area contributed by atoms with Gasteiger partial charge in [0.25, 0.3) is 0 Å². The number of hydrogen-bond donors (Lipinski definition) is 1. The van der Waals surface area contributed by atoms with Crippen molar-refractivity contribution in [1.29, 1.82) is 0 Å². The molecular weight excluding hydrogens is 266 g/mol. The Morgan fingerprint density at radius 1 is 1.45 bits per heavy atom. The summed E-state index contributed by atoms with van der Waals surface area (Å²) in [6, 6.07) is 3.38. The molecule has 0 saturated carbocycles. The van der Waals surface area contributed by atoms with E-state index in [1.54, 1.807) is 12.1 Å². The Bertz CT molecular complexity index is 627. The van der Waals surface area contributed by atoms with Crippen molar-refractivity contribution in [3.63, 3.8) is 0 Å².